The summed E-state index contributed by atoms with van der Waals surface area (Å²) in [5.41, 5.74) is 7.86. The zero-order valence-electron chi connectivity index (χ0n) is 14.1. The average Bonchev–Trinajstić information content (AvgIpc) is 2.94. The van der Waals surface area contributed by atoms with E-state index in [1.807, 2.05) is 23.7 Å². The van der Waals surface area contributed by atoms with Gasteiger partial charge < -0.3 is 10.5 Å². The van der Waals surface area contributed by atoms with Crippen molar-refractivity contribution in [1.29, 1.82) is 0 Å². The van der Waals surface area contributed by atoms with Crippen molar-refractivity contribution in [2.75, 3.05) is 6.61 Å². The van der Waals surface area contributed by atoms with Crippen LogP contribution in [0.15, 0.2) is 30.5 Å². The molecule has 5 nitrogen and oxygen atoms in total. The number of hydrogen-bond donors (Lipinski definition) is 1. The molecule has 0 atom stereocenters. The number of aryl methyl sites for hydroxylation is 1. The van der Waals surface area contributed by atoms with E-state index in [-0.39, 0.29) is 0 Å². The SMILES string of the molecule is CCC(CC)COc1ccc(C(N)=O)cc1Cn1nccc1C. The quantitative estimate of drug-likeness (QED) is 0.813. The topological polar surface area (TPSA) is 70.1 Å². The lowest BCUT2D eigenvalue weighted by molar-refractivity contribution is 0.1000. The van der Waals surface area contributed by atoms with Crippen LogP contribution in [0.4, 0.5) is 0 Å². The van der Waals surface area contributed by atoms with E-state index in [1.165, 1.54) is 0 Å². The van der Waals surface area contributed by atoms with Crippen molar-refractivity contribution in [2.24, 2.45) is 11.7 Å². The molecule has 0 saturated heterocycles. The van der Waals surface area contributed by atoms with Crippen molar-refractivity contribution < 1.29 is 9.53 Å². The number of benzene rings is 1. The fraction of sp³-hybridized carbons (Fsp3) is 0.444. The summed E-state index contributed by atoms with van der Waals surface area (Å²) in [5.74, 6) is 0.886. The van der Waals surface area contributed by atoms with Gasteiger partial charge in [-0.05, 0) is 37.1 Å². The van der Waals surface area contributed by atoms with Gasteiger partial charge in [0.1, 0.15) is 5.75 Å². The molecule has 124 valence electrons. The van der Waals surface area contributed by atoms with Gasteiger partial charge in [0.15, 0.2) is 0 Å². The third-order valence-corrected chi connectivity index (χ3v) is 4.22. The Hall–Kier alpha value is -2.30. The summed E-state index contributed by atoms with van der Waals surface area (Å²) < 4.78 is 7.89. The first-order chi connectivity index (χ1) is 11.0. The van der Waals surface area contributed by atoms with E-state index in [9.17, 15) is 4.79 Å². The highest BCUT2D eigenvalue weighted by Gasteiger charge is 2.12. The van der Waals surface area contributed by atoms with E-state index in [4.69, 9.17) is 10.5 Å². The standard InChI is InChI=1S/C18H25N3O2/c1-4-14(5-2)12-23-17-7-6-15(18(19)22)10-16(17)11-21-13(3)8-9-20-21/h6-10,14H,4-5,11-12H2,1-3H3,(H2,19,22). The first-order valence-electron chi connectivity index (χ1n) is 8.09. The van der Waals surface area contributed by atoms with Crippen LogP contribution in [0.1, 0.15) is 48.3 Å². The van der Waals surface area contributed by atoms with Crippen LogP contribution < -0.4 is 10.5 Å². The maximum atomic E-state index is 11.5. The summed E-state index contributed by atoms with van der Waals surface area (Å²) in [5, 5.41) is 4.30. The van der Waals surface area contributed by atoms with Crippen molar-refractivity contribution in [3.8, 4) is 5.75 Å². The first-order valence-corrected chi connectivity index (χ1v) is 8.09. The molecule has 0 aliphatic rings. The van der Waals surface area contributed by atoms with Crippen molar-refractivity contribution in [1.82, 2.24) is 9.78 Å². The van der Waals surface area contributed by atoms with Crippen LogP contribution in [0.3, 0.4) is 0 Å². The van der Waals surface area contributed by atoms with Gasteiger partial charge in [-0.25, -0.2) is 0 Å². The molecule has 0 bridgehead atoms. The maximum absolute atomic E-state index is 11.5. The Morgan fingerprint density at radius 3 is 2.61 bits per heavy atom. The van der Waals surface area contributed by atoms with Gasteiger partial charge in [0.25, 0.3) is 0 Å². The minimum absolute atomic E-state index is 0.435. The zero-order chi connectivity index (χ0) is 16.8. The Kier molecular flexibility index (Phi) is 5.79. The monoisotopic (exact) mass is 315 g/mol. The summed E-state index contributed by atoms with van der Waals surface area (Å²) in [7, 11) is 0. The van der Waals surface area contributed by atoms with Crippen molar-refractivity contribution >= 4 is 5.91 Å². The number of nitrogens with two attached hydrogens (primary N) is 1. The van der Waals surface area contributed by atoms with Crippen molar-refractivity contribution in [2.45, 2.75) is 40.2 Å². The predicted molar refractivity (Wildman–Crippen MR) is 90.6 cm³/mol. The molecule has 1 aromatic heterocycles. The number of nitrogens with zero attached hydrogens (tertiary/aromatic N) is 2. The minimum atomic E-state index is -0.435. The number of ether oxygens (including phenoxy) is 1. The Balaban J connectivity index is 2.25. The number of primary amides is 1. The lowest BCUT2D eigenvalue weighted by Crippen LogP contribution is -2.15. The van der Waals surface area contributed by atoms with Gasteiger partial charge in [0.05, 0.1) is 13.2 Å². The normalized spacial score (nSPS) is 11.0. The molecule has 0 unspecified atom stereocenters. The Morgan fingerprint density at radius 1 is 1.30 bits per heavy atom. The smallest absolute Gasteiger partial charge is 0.248 e. The second-order valence-corrected chi connectivity index (χ2v) is 5.81. The highest BCUT2D eigenvalue weighted by atomic mass is 16.5. The molecule has 1 heterocycles. The van der Waals surface area contributed by atoms with Gasteiger partial charge in [-0.1, -0.05) is 26.7 Å². The molecule has 0 fully saturated rings. The Labute approximate surface area is 137 Å². The van der Waals surface area contributed by atoms with E-state index in [2.05, 4.69) is 18.9 Å². The second-order valence-electron chi connectivity index (χ2n) is 5.81. The molecular weight excluding hydrogens is 290 g/mol. The van der Waals surface area contributed by atoms with E-state index >= 15 is 0 Å². The third kappa shape index (κ3) is 4.34. The number of hydrogen-bond acceptors (Lipinski definition) is 3. The lowest BCUT2D eigenvalue weighted by Gasteiger charge is -2.17. The van der Waals surface area contributed by atoms with E-state index < -0.39 is 5.91 Å². The highest BCUT2D eigenvalue weighted by molar-refractivity contribution is 5.93. The lowest BCUT2D eigenvalue weighted by atomic mass is 10.0. The zero-order valence-corrected chi connectivity index (χ0v) is 14.1. The van der Waals surface area contributed by atoms with Crippen LogP contribution in [0.2, 0.25) is 0 Å². The van der Waals surface area contributed by atoms with Crippen LogP contribution in [0.25, 0.3) is 0 Å². The molecule has 5 heteroatoms. The molecule has 2 N–H and O–H groups in total. The van der Waals surface area contributed by atoms with E-state index in [0.29, 0.717) is 24.6 Å². The molecule has 2 aromatic rings. The maximum Gasteiger partial charge on any atom is 0.248 e. The van der Waals surface area contributed by atoms with Gasteiger partial charge >= 0.3 is 0 Å². The molecular formula is C18H25N3O2. The van der Waals surface area contributed by atoms with Gasteiger partial charge in [-0.2, -0.15) is 5.10 Å². The average molecular weight is 315 g/mol. The molecule has 23 heavy (non-hydrogen) atoms. The number of amides is 1. The molecule has 1 aromatic carbocycles. The van der Waals surface area contributed by atoms with Crippen LogP contribution in [-0.2, 0) is 6.54 Å². The van der Waals surface area contributed by atoms with E-state index in [1.54, 1.807) is 18.3 Å². The van der Waals surface area contributed by atoms with Gasteiger partial charge in [0, 0.05) is 23.0 Å². The summed E-state index contributed by atoms with van der Waals surface area (Å²) in [6, 6.07) is 7.29. The molecule has 0 aliphatic heterocycles. The summed E-state index contributed by atoms with van der Waals surface area (Å²) in [6.07, 6.45) is 3.94. The van der Waals surface area contributed by atoms with Crippen LogP contribution in [0, 0.1) is 12.8 Å². The molecule has 0 spiro atoms. The predicted octanol–water partition coefficient (Wildman–Crippen LogP) is 3.15. The molecule has 1 amide bonds. The van der Waals surface area contributed by atoms with Crippen LogP contribution in [-0.4, -0.2) is 22.3 Å². The van der Waals surface area contributed by atoms with Crippen LogP contribution >= 0.6 is 0 Å². The van der Waals surface area contributed by atoms with E-state index in [0.717, 1.165) is 29.8 Å². The number of carbonyl (C=O) groups is 1. The Bertz CT molecular complexity index is 660. The first kappa shape index (κ1) is 17.1. The Morgan fingerprint density at radius 2 is 2.04 bits per heavy atom. The van der Waals surface area contributed by atoms with Gasteiger partial charge in [-0.3, -0.25) is 9.48 Å². The van der Waals surface area contributed by atoms with Crippen molar-refractivity contribution in [3.63, 3.8) is 0 Å². The number of rotatable bonds is 8. The minimum Gasteiger partial charge on any atom is -0.493 e. The van der Waals surface area contributed by atoms with Gasteiger partial charge in [-0.15, -0.1) is 0 Å². The molecule has 0 aliphatic carbocycles. The summed E-state index contributed by atoms with van der Waals surface area (Å²) in [4.78, 5) is 11.5. The third-order valence-electron chi connectivity index (χ3n) is 4.22. The highest BCUT2D eigenvalue weighted by Crippen LogP contribution is 2.23. The van der Waals surface area contributed by atoms with Crippen molar-refractivity contribution in [3.05, 3.63) is 47.3 Å². The summed E-state index contributed by atoms with van der Waals surface area (Å²) >= 11 is 0. The second kappa shape index (κ2) is 7.81. The van der Waals surface area contributed by atoms with Gasteiger partial charge in [0.2, 0.25) is 5.91 Å². The fourth-order valence-corrected chi connectivity index (χ4v) is 2.45. The number of carbonyl (C=O) groups excluding carboxylic acids is 1. The largest absolute Gasteiger partial charge is 0.493 e. The summed E-state index contributed by atoms with van der Waals surface area (Å²) in [6.45, 7) is 7.56. The fourth-order valence-electron chi connectivity index (χ4n) is 2.45. The molecule has 0 radical (unpaired) electrons. The van der Waals surface area contributed by atoms with Crippen LogP contribution in [0.5, 0.6) is 5.75 Å². The molecule has 0 saturated carbocycles. The number of aromatic nitrogens is 2. The molecule has 2 rings (SSSR count).